The third-order valence-electron chi connectivity index (χ3n) is 7.12. The molecular formula is C25H35FN3O3S2Tc. The first kappa shape index (κ1) is 32.5. The molecule has 2 aliphatic rings. The molecule has 6 nitrogen and oxygen atoms in total. The number of fused-ring (bicyclic) bond motifs is 2. The van der Waals surface area contributed by atoms with E-state index < -0.39 is 0 Å². The molecule has 0 spiro atoms. The number of nitrogens with zero attached hydrogens (tertiary/aromatic N) is 3. The quantitative estimate of drug-likeness (QED) is 0.194. The van der Waals surface area contributed by atoms with Gasteiger partial charge in [-0.2, -0.15) is 11.5 Å². The van der Waals surface area contributed by atoms with E-state index >= 15 is 0 Å². The maximum Gasteiger partial charge on any atom is 5.00 e. The molecule has 2 heterocycles. The van der Waals surface area contributed by atoms with Crippen LogP contribution in [0.25, 0.3) is 0 Å². The number of benzene rings is 1. The van der Waals surface area contributed by atoms with Gasteiger partial charge in [-0.05, 0) is 74.8 Å². The molecule has 0 N–H and O–H groups in total. The normalized spacial score (nSPS) is 24.2. The van der Waals surface area contributed by atoms with E-state index in [1.807, 2.05) is 19.1 Å². The van der Waals surface area contributed by atoms with Crippen molar-refractivity contribution < 1.29 is 39.9 Å². The Labute approximate surface area is 233 Å². The molecule has 10 heteroatoms. The maximum absolute atomic E-state index is 13.5. The first-order chi connectivity index (χ1) is 16.0. The smallest absolute Gasteiger partial charge is 2.00 e. The monoisotopic (exact) mass is 605 g/mol. The predicted molar refractivity (Wildman–Crippen MR) is 135 cm³/mol. The molecule has 0 saturated carbocycles. The fourth-order valence-corrected chi connectivity index (χ4v) is 6.03. The Morgan fingerprint density at radius 3 is 2.54 bits per heavy atom. The van der Waals surface area contributed by atoms with Gasteiger partial charge in [-0.15, -0.1) is 0 Å². The van der Waals surface area contributed by atoms with Gasteiger partial charge in [-0.1, -0.05) is 19.1 Å². The van der Waals surface area contributed by atoms with Crippen LogP contribution in [0.4, 0.5) is 4.39 Å². The van der Waals surface area contributed by atoms with E-state index in [2.05, 4.69) is 14.8 Å². The van der Waals surface area contributed by atoms with Crippen LogP contribution in [-0.2, 0) is 55.6 Å². The number of halogens is 1. The summed E-state index contributed by atoms with van der Waals surface area (Å²) in [5.74, 6) is 1.10. The molecule has 2 aliphatic heterocycles. The van der Waals surface area contributed by atoms with Crippen molar-refractivity contribution in [3.05, 3.63) is 35.6 Å². The zero-order valence-corrected chi connectivity index (χ0v) is 23.7. The van der Waals surface area contributed by atoms with Gasteiger partial charge in [0.05, 0.1) is 0 Å². The first-order valence-corrected chi connectivity index (χ1v) is 13.3. The third kappa shape index (κ3) is 8.80. The van der Waals surface area contributed by atoms with Crippen LogP contribution in [0.3, 0.4) is 0 Å². The van der Waals surface area contributed by atoms with Crippen molar-refractivity contribution in [1.29, 1.82) is 0 Å². The summed E-state index contributed by atoms with van der Waals surface area (Å²) in [6, 6.07) is 7.40. The summed E-state index contributed by atoms with van der Waals surface area (Å²) in [4.78, 5) is 21.7. The fraction of sp³-hybridized carbons (Fsp3) is 0.680. The zero-order valence-electron chi connectivity index (χ0n) is 20.2. The second-order valence-corrected chi connectivity index (χ2v) is 9.91. The average molecular weight is 607 g/mol. The Balaban J connectivity index is 0.00000306. The number of carbonyl (C=O) groups is 1. The molecule has 0 amide bonds. The summed E-state index contributed by atoms with van der Waals surface area (Å²) in [7, 11) is 0. The van der Waals surface area contributed by atoms with Gasteiger partial charge in [0.15, 0.2) is 0 Å². The maximum atomic E-state index is 13.5. The van der Waals surface area contributed by atoms with Gasteiger partial charge in [0.25, 0.3) is 0 Å². The van der Waals surface area contributed by atoms with E-state index in [0.29, 0.717) is 49.4 Å². The van der Waals surface area contributed by atoms with Crippen molar-refractivity contribution in [2.45, 2.75) is 57.0 Å². The number of carbonyl (C=O) groups excluding carboxylic acids is 1. The third-order valence-corrected chi connectivity index (χ3v) is 7.48. The molecule has 194 valence electrons. The van der Waals surface area contributed by atoms with Gasteiger partial charge in [0, 0.05) is 37.5 Å². The van der Waals surface area contributed by atoms with E-state index in [-0.39, 0.29) is 55.2 Å². The van der Waals surface area contributed by atoms with Crippen LogP contribution in [0.5, 0.6) is 0 Å². The molecule has 0 aliphatic carbocycles. The molecule has 0 aromatic heterocycles. The van der Waals surface area contributed by atoms with Crippen LogP contribution in [0.2, 0.25) is 0 Å². The number of aliphatic imine (C=N–C) groups is 1. The van der Waals surface area contributed by atoms with Gasteiger partial charge in [0.1, 0.15) is 11.6 Å². The van der Waals surface area contributed by atoms with Gasteiger partial charge in [-0.3, -0.25) is 9.69 Å². The van der Waals surface area contributed by atoms with Crippen molar-refractivity contribution in [2.24, 2.45) is 10.9 Å². The van der Waals surface area contributed by atoms with Crippen LogP contribution in [-0.4, -0.2) is 77.8 Å². The van der Waals surface area contributed by atoms with E-state index in [1.54, 1.807) is 0 Å². The van der Waals surface area contributed by atoms with Crippen molar-refractivity contribution >= 4 is 36.9 Å². The second kappa shape index (κ2) is 16.4. The van der Waals surface area contributed by atoms with Gasteiger partial charge < -0.3 is 45.7 Å². The van der Waals surface area contributed by atoms with E-state index in [0.717, 1.165) is 44.3 Å². The Morgan fingerprint density at radius 2 is 1.91 bits per heavy atom. The largest absolute Gasteiger partial charge is 5.00 e. The number of ketones is 1. The van der Waals surface area contributed by atoms with E-state index in [4.69, 9.17) is 25.3 Å². The summed E-state index contributed by atoms with van der Waals surface area (Å²) in [6.45, 7) is 5.02. The second-order valence-electron chi connectivity index (χ2n) is 9.09. The standard InChI is InChI=1S/C25H38FN3O2S2.O.Tc/c1-2-23(30)25-21(18-4-6-19(26)7-5-18)16-20-8-9-22(25)29(20)12-3-11-28(13-15-33)17-24(31)27-10-14-32;;/h4-7,20-22,25,32-33H,2-3,8-17H2,1H3,(H,27,31);;/q;-2;+5/p-3/t20?,21-,22-,25+;;/m1../s1. The topological polar surface area (TPSA) is 87.5 Å². The number of piperidine rings is 1. The summed E-state index contributed by atoms with van der Waals surface area (Å²) in [6.07, 6.45) is 4.52. The van der Waals surface area contributed by atoms with Crippen LogP contribution in [0, 0.1) is 11.7 Å². The minimum atomic E-state index is -0.239. The average Bonchev–Trinajstić information content (AvgIpc) is 3.08. The molecule has 4 atom stereocenters. The Hall–Kier alpha value is -0.481. The van der Waals surface area contributed by atoms with E-state index in [1.165, 1.54) is 12.1 Å². The minimum absolute atomic E-state index is 0. The van der Waals surface area contributed by atoms with Crippen LogP contribution in [0.1, 0.15) is 50.5 Å². The van der Waals surface area contributed by atoms with Gasteiger partial charge in [-0.25, -0.2) is 4.39 Å². The van der Waals surface area contributed by atoms with Crippen molar-refractivity contribution in [2.75, 3.05) is 44.2 Å². The predicted octanol–water partition coefficient (Wildman–Crippen LogP) is 2.16. The van der Waals surface area contributed by atoms with Crippen molar-refractivity contribution in [1.82, 2.24) is 9.80 Å². The number of rotatable bonds is 13. The fourth-order valence-electron chi connectivity index (χ4n) is 5.68. The number of hydrogen-bond donors (Lipinski definition) is 0. The van der Waals surface area contributed by atoms with Gasteiger partial charge in [0.2, 0.25) is 0 Å². The van der Waals surface area contributed by atoms with Crippen LogP contribution >= 0.6 is 0 Å². The Morgan fingerprint density at radius 1 is 1.20 bits per heavy atom. The summed E-state index contributed by atoms with van der Waals surface area (Å²) in [5, 5.41) is 12.0. The summed E-state index contributed by atoms with van der Waals surface area (Å²) < 4.78 is 13.5. The van der Waals surface area contributed by atoms with E-state index in [9.17, 15) is 14.3 Å². The molecular weight excluding hydrogens is 571 g/mol. The molecule has 1 aromatic rings. The molecule has 3 rings (SSSR count). The first-order valence-electron chi connectivity index (χ1n) is 12.1. The van der Waals surface area contributed by atoms with Crippen molar-refractivity contribution in [3.8, 4) is 0 Å². The Bertz CT molecular complexity index is 803. The SMILES string of the molecule is CCC(=O)[C@H]1[C@@H](c2ccc(F)cc2)CC2CC[C@H]1N2CCCN(CC[S-])CC([O-])=NCC[S-].[O-2].[Tc+5]. The number of Topliss-reactive ketones (excluding diaryl/α,β-unsaturated/α-hetero) is 1. The summed E-state index contributed by atoms with van der Waals surface area (Å²) in [5.41, 5.74) is 1.08. The number of hydrogen-bond acceptors (Lipinski definition) is 7. The molecule has 2 fully saturated rings. The molecule has 0 radical (unpaired) electrons. The molecule has 35 heavy (non-hydrogen) atoms. The molecule has 1 aromatic carbocycles. The van der Waals surface area contributed by atoms with Gasteiger partial charge >= 0.3 is 20.1 Å². The van der Waals surface area contributed by atoms with Crippen LogP contribution < -0.4 is 5.11 Å². The molecule has 2 bridgehead atoms. The zero-order chi connectivity index (χ0) is 23.8. The molecule has 1 unspecified atom stereocenters. The van der Waals surface area contributed by atoms with Crippen LogP contribution in [0.15, 0.2) is 29.3 Å². The minimum Gasteiger partial charge on any atom is -2.00 e. The molecule has 2 saturated heterocycles. The van der Waals surface area contributed by atoms with Crippen molar-refractivity contribution in [3.63, 3.8) is 0 Å². The Kier molecular flexibility index (Phi) is 15.2. The summed E-state index contributed by atoms with van der Waals surface area (Å²) >= 11 is 10.0.